The second-order valence-corrected chi connectivity index (χ2v) is 6.81. The Kier molecular flexibility index (Phi) is 5.53. The molecule has 0 radical (unpaired) electrons. The molecule has 1 saturated heterocycles. The van der Waals surface area contributed by atoms with Crippen LogP contribution < -0.4 is 4.90 Å². The van der Waals surface area contributed by atoms with Gasteiger partial charge in [-0.1, -0.05) is 34.1 Å². The maximum Gasteiger partial charge on any atom is 0.253 e. The van der Waals surface area contributed by atoms with Crippen LogP contribution >= 0.6 is 15.9 Å². The number of rotatable bonds is 4. The Bertz CT molecular complexity index is 697. The second kappa shape index (κ2) is 7.81. The zero-order valence-corrected chi connectivity index (χ0v) is 15.3. The first-order chi connectivity index (χ1) is 11.6. The summed E-state index contributed by atoms with van der Waals surface area (Å²) in [4.78, 5) is 16.7. The van der Waals surface area contributed by atoms with Gasteiger partial charge in [-0.05, 0) is 35.9 Å². The predicted molar refractivity (Wildman–Crippen MR) is 99.4 cm³/mol. The third-order valence-corrected chi connectivity index (χ3v) is 4.72. The molecule has 0 spiro atoms. The number of ether oxygens (including phenoxy) is 1. The number of benzene rings is 2. The van der Waals surface area contributed by atoms with Crippen molar-refractivity contribution < 1.29 is 9.53 Å². The molecule has 4 nitrogen and oxygen atoms in total. The zero-order valence-electron chi connectivity index (χ0n) is 13.7. The van der Waals surface area contributed by atoms with Crippen LogP contribution in [0.2, 0.25) is 0 Å². The highest BCUT2D eigenvalue weighted by molar-refractivity contribution is 9.10. The Morgan fingerprint density at radius 1 is 1.12 bits per heavy atom. The van der Waals surface area contributed by atoms with E-state index in [9.17, 15) is 4.79 Å². The van der Waals surface area contributed by atoms with E-state index in [1.54, 1.807) is 4.90 Å². The Morgan fingerprint density at radius 2 is 1.79 bits per heavy atom. The fourth-order valence-corrected chi connectivity index (χ4v) is 3.16. The van der Waals surface area contributed by atoms with Crippen molar-refractivity contribution in [3.05, 3.63) is 64.1 Å². The molecule has 0 saturated carbocycles. The van der Waals surface area contributed by atoms with Gasteiger partial charge in [0.05, 0.1) is 13.2 Å². The van der Waals surface area contributed by atoms with Crippen LogP contribution in [0.3, 0.4) is 0 Å². The minimum Gasteiger partial charge on any atom is -0.378 e. The van der Waals surface area contributed by atoms with Gasteiger partial charge in [0.25, 0.3) is 5.91 Å². The quantitative estimate of drug-likeness (QED) is 0.802. The fourth-order valence-electron chi connectivity index (χ4n) is 2.90. The maximum atomic E-state index is 12.6. The van der Waals surface area contributed by atoms with Crippen LogP contribution in [0.5, 0.6) is 0 Å². The molecule has 0 aromatic heterocycles. The average Bonchev–Trinajstić information content (AvgIpc) is 2.63. The molecule has 1 heterocycles. The van der Waals surface area contributed by atoms with E-state index >= 15 is 0 Å². The van der Waals surface area contributed by atoms with Gasteiger partial charge in [0.2, 0.25) is 0 Å². The molecule has 5 heteroatoms. The van der Waals surface area contributed by atoms with Crippen LogP contribution in [0.4, 0.5) is 5.69 Å². The highest BCUT2D eigenvalue weighted by atomic mass is 79.9. The van der Waals surface area contributed by atoms with Gasteiger partial charge < -0.3 is 14.5 Å². The standard InChI is InChI=1S/C19H21BrN2O2/c1-21(19(23)15-6-8-17(20)9-7-15)14-16-4-2-3-5-18(16)22-10-12-24-13-11-22/h2-9H,10-14H2,1H3. The minimum atomic E-state index is 0.0271. The Balaban J connectivity index is 1.75. The average molecular weight is 389 g/mol. The molecular weight excluding hydrogens is 368 g/mol. The molecule has 0 aliphatic carbocycles. The third-order valence-electron chi connectivity index (χ3n) is 4.19. The summed E-state index contributed by atoms with van der Waals surface area (Å²) in [5.74, 6) is 0.0271. The first-order valence-electron chi connectivity index (χ1n) is 8.07. The van der Waals surface area contributed by atoms with Gasteiger partial charge in [0.1, 0.15) is 0 Å². The lowest BCUT2D eigenvalue weighted by molar-refractivity contribution is 0.0785. The number of amides is 1. The third kappa shape index (κ3) is 3.97. The van der Waals surface area contributed by atoms with Crippen molar-refractivity contribution in [1.29, 1.82) is 0 Å². The summed E-state index contributed by atoms with van der Waals surface area (Å²) in [6, 6.07) is 15.8. The van der Waals surface area contributed by atoms with E-state index in [2.05, 4.69) is 33.0 Å². The van der Waals surface area contributed by atoms with Gasteiger partial charge in [-0.15, -0.1) is 0 Å². The van der Waals surface area contributed by atoms with Crippen molar-refractivity contribution >= 4 is 27.5 Å². The molecule has 0 atom stereocenters. The summed E-state index contributed by atoms with van der Waals surface area (Å²) in [5.41, 5.74) is 3.05. The number of para-hydroxylation sites is 1. The number of carbonyl (C=O) groups is 1. The molecule has 0 bridgehead atoms. The Hall–Kier alpha value is -1.85. The van der Waals surface area contributed by atoms with Crippen LogP contribution in [-0.2, 0) is 11.3 Å². The molecule has 24 heavy (non-hydrogen) atoms. The molecule has 3 rings (SSSR count). The highest BCUT2D eigenvalue weighted by Crippen LogP contribution is 2.23. The highest BCUT2D eigenvalue weighted by Gasteiger charge is 2.17. The molecule has 1 aliphatic rings. The van der Waals surface area contributed by atoms with E-state index in [-0.39, 0.29) is 5.91 Å². The van der Waals surface area contributed by atoms with Crippen LogP contribution in [0.15, 0.2) is 53.0 Å². The maximum absolute atomic E-state index is 12.6. The smallest absolute Gasteiger partial charge is 0.253 e. The number of morpholine rings is 1. The summed E-state index contributed by atoms with van der Waals surface area (Å²) < 4.78 is 6.41. The number of hydrogen-bond acceptors (Lipinski definition) is 3. The van der Waals surface area contributed by atoms with Crippen LogP contribution in [-0.4, -0.2) is 44.2 Å². The van der Waals surface area contributed by atoms with Crippen LogP contribution in [0.25, 0.3) is 0 Å². The van der Waals surface area contributed by atoms with E-state index in [0.717, 1.165) is 36.3 Å². The molecule has 126 valence electrons. The van der Waals surface area contributed by atoms with E-state index < -0.39 is 0 Å². The number of nitrogens with zero attached hydrogens (tertiary/aromatic N) is 2. The van der Waals surface area contributed by atoms with E-state index in [4.69, 9.17) is 4.74 Å². The number of halogens is 1. The van der Waals surface area contributed by atoms with E-state index in [1.807, 2.05) is 43.4 Å². The van der Waals surface area contributed by atoms with Crippen molar-refractivity contribution in [2.75, 3.05) is 38.3 Å². The lowest BCUT2D eigenvalue weighted by Gasteiger charge is -2.31. The summed E-state index contributed by atoms with van der Waals surface area (Å²) >= 11 is 3.40. The van der Waals surface area contributed by atoms with Crippen molar-refractivity contribution in [1.82, 2.24) is 4.90 Å². The number of anilines is 1. The zero-order chi connectivity index (χ0) is 16.9. The van der Waals surface area contributed by atoms with Crippen molar-refractivity contribution in [3.63, 3.8) is 0 Å². The molecule has 0 unspecified atom stereocenters. The minimum absolute atomic E-state index is 0.0271. The molecule has 1 aliphatic heterocycles. The van der Waals surface area contributed by atoms with Gasteiger partial charge in [-0.2, -0.15) is 0 Å². The fraction of sp³-hybridized carbons (Fsp3) is 0.316. The summed E-state index contributed by atoms with van der Waals surface area (Å²) in [5, 5.41) is 0. The summed E-state index contributed by atoms with van der Waals surface area (Å²) in [6.45, 7) is 3.87. The molecular formula is C19H21BrN2O2. The lowest BCUT2D eigenvalue weighted by atomic mass is 10.1. The van der Waals surface area contributed by atoms with Crippen molar-refractivity contribution in [2.24, 2.45) is 0 Å². The van der Waals surface area contributed by atoms with Gasteiger partial charge >= 0.3 is 0 Å². The van der Waals surface area contributed by atoms with E-state index in [1.165, 1.54) is 5.69 Å². The number of carbonyl (C=O) groups excluding carboxylic acids is 1. The Morgan fingerprint density at radius 3 is 2.50 bits per heavy atom. The first-order valence-corrected chi connectivity index (χ1v) is 8.86. The lowest BCUT2D eigenvalue weighted by Crippen LogP contribution is -2.37. The molecule has 0 N–H and O–H groups in total. The van der Waals surface area contributed by atoms with Crippen molar-refractivity contribution in [3.8, 4) is 0 Å². The van der Waals surface area contributed by atoms with Gasteiger partial charge in [0, 0.05) is 42.4 Å². The topological polar surface area (TPSA) is 32.8 Å². The molecule has 1 fully saturated rings. The first kappa shape index (κ1) is 17.0. The van der Waals surface area contributed by atoms with Gasteiger partial charge in [-0.25, -0.2) is 0 Å². The van der Waals surface area contributed by atoms with Gasteiger partial charge in [0.15, 0.2) is 0 Å². The predicted octanol–water partition coefficient (Wildman–Crippen LogP) is 3.56. The summed E-state index contributed by atoms with van der Waals surface area (Å²) in [6.07, 6.45) is 0. The van der Waals surface area contributed by atoms with Crippen LogP contribution in [0.1, 0.15) is 15.9 Å². The monoisotopic (exact) mass is 388 g/mol. The largest absolute Gasteiger partial charge is 0.378 e. The number of hydrogen-bond donors (Lipinski definition) is 0. The summed E-state index contributed by atoms with van der Waals surface area (Å²) in [7, 11) is 1.85. The second-order valence-electron chi connectivity index (χ2n) is 5.90. The SMILES string of the molecule is CN(Cc1ccccc1N1CCOCC1)C(=O)c1ccc(Br)cc1. The normalized spacial score (nSPS) is 14.5. The molecule has 2 aromatic carbocycles. The van der Waals surface area contributed by atoms with E-state index in [0.29, 0.717) is 12.1 Å². The molecule has 1 amide bonds. The molecule has 2 aromatic rings. The van der Waals surface area contributed by atoms with Crippen molar-refractivity contribution in [2.45, 2.75) is 6.54 Å². The van der Waals surface area contributed by atoms with Gasteiger partial charge in [-0.3, -0.25) is 4.79 Å². The Labute approximate surface area is 151 Å². The van der Waals surface area contributed by atoms with Crippen LogP contribution in [0, 0.1) is 0 Å².